The number of fused-ring (bicyclic) bond motifs is 5. The van der Waals surface area contributed by atoms with Crippen molar-refractivity contribution in [1.82, 2.24) is 0 Å². The molecule has 0 bridgehead atoms. The minimum atomic E-state index is -0.916. The Balaban J connectivity index is 1.64. The van der Waals surface area contributed by atoms with Gasteiger partial charge in [0.15, 0.2) is 0 Å². The van der Waals surface area contributed by atoms with Crippen LogP contribution in [0.4, 0.5) is 0 Å². The summed E-state index contributed by atoms with van der Waals surface area (Å²) in [6, 6.07) is 0. The SMILES string of the molecule is C=C(C)C(O)CC[C@](C)(O)[C@H]1CC[C@]2(C)[C@@H]1[C@H](O)C[C@@H]1[C@@]3(C)CC[C@@H](O)C(C)(C)[C@@H]3CC[C@]12C. The van der Waals surface area contributed by atoms with E-state index in [9.17, 15) is 20.4 Å². The molecule has 4 aliphatic carbocycles. The van der Waals surface area contributed by atoms with E-state index in [1.165, 1.54) is 0 Å². The van der Waals surface area contributed by atoms with Crippen molar-refractivity contribution >= 4 is 0 Å². The molecular weight excluding hydrogens is 424 g/mol. The fourth-order valence-corrected chi connectivity index (χ4v) is 10.3. The molecule has 34 heavy (non-hydrogen) atoms. The minimum absolute atomic E-state index is 0.0227. The summed E-state index contributed by atoms with van der Waals surface area (Å²) in [6.07, 6.45) is 6.72. The van der Waals surface area contributed by atoms with E-state index in [4.69, 9.17) is 0 Å². The second-order valence-electron chi connectivity index (χ2n) is 14.6. The third-order valence-corrected chi connectivity index (χ3v) is 12.7. The molecule has 4 N–H and O–H groups in total. The number of rotatable bonds is 5. The first-order chi connectivity index (χ1) is 15.5. The van der Waals surface area contributed by atoms with Crippen molar-refractivity contribution < 1.29 is 20.4 Å². The molecule has 4 nitrogen and oxygen atoms in total. The van der Waals surface area contributed by atoms with Crippen LogP contribution in [0.25, 0.3) is 0 Å². The molecule has 0 aromatic carbocycles. The molecular formula is C30H52O4. The summed E-state index contributed by atoms with van der Waals surface area (Å²) in [6.45, 7) is 19.5. The zero-order chi connectivity index (χ0) is 25.5. The first-order valence-corrected chi connectivity index (χ1v) is 13.9. The fourth-order valence-electron chi connectivity index (χ4n) is 10.3. The van der Waals surface area contributed by atoms with Crippen LogP contribution in [0.5, 0.6) is 0 Å². The van der Waals surface area contributed by atoms with Gasteiger partial charge >= 0.3 is 0 Å². The molecule has 4 rings (SSSR count). The highest BCUT2D eigenvalue weighted by atomic mass is 16.3. The van der Waals surface area contributed by atoms with Gasteiger partial charge in [0.25, 0.3) is 0 Å². The Bertz CT molecular complexity index is 804. The van der Waals surface area contributed by atoms with Gasteiger partial charge < -0.3 is 20.4 Å². The maximum atomic E-state index is 11.8. The molecule has 0 amide bonds. The summed E-state index contributed by atoms with van der Waals surface area (Å²) in [5.41, 5.74) is -0.0556. The van der Waals surface area contributed by atoms with E-state index in [2.05, 4.69) is 41.2 Å². The second kappa shape index (κ2) is 8.30. The molecule has 0 aromatic rings. The molecule has 0 heterocycles. The van der Waals surface area contributed by atoms with E-state index >= 15 is 0 Å². The Morgan fingerprint density at radius 3 is 2.21 bits per heavy atom. The van der Waals surface area contributed by atoms with E-state index in [1.807, 2.05) is 13.8 Å². The van der Waals surface area contributed by atoms with Gasteiger partial charge in [-0.1, -0.05) is 46.8 Å². The van der Waals surface area contributed by atoms with Gasteiger partial charge in [0, 0.05) is 0 Å². The number of hydrogen-bond donors (Lipinski definition) is 4. The average molecular weight is 477 g/mol. The molecule has 0 spiro atoms. The minimum Gasteiger partial charge on any atom is -0.393 e. The smallest absolute Gasteiger partial charge is 0.0745 e. The molecule has 4 heteroatoms. The lowest BCUT2D eigenvalue weighted by Crippen LogP contribution is -2.66. The Morgan fingerprint density at radius 1 is 0.971 bits per heavy atom. The summed E-state index contributed by atoms with van der Waals surface area (Å²) >= 11 is 0. The van der Waals surface area contributed by atoms with Crippen molar-refractivity contribution in [2.24, 2.45) is 45.3 Å². The zero-order valence-electron chi connectivity index (χ0n) is 22.9. The van der Waals surface area contributed by atoms with Crippen molar-refractivity contribution in [3.05, 3.63) is 12.2 Å². The van der Waals surface area contributed by atoms with Crippen LogP contribution >= 0.6 is 0 Å². The second-order valence-corrected chi connectivity index (χ2v) is 14.6. The van der Waals surface area contributed by atoms with Gasteiger partial charge in [-0.15, -0.1) is 0 Å². The van der Waals surface area contributed by atoms with Gasteiger partial charge in [0.1, 0.15) is 0 Å². The van der Waals surface area contributed by atoms with E-state index < -0.39 is 17.8 Å². The lowest BCUT2D eigenvalue weighted by molar-refractivity contribution is -0.246. The van der Waals surface area contributed by atoms with E-state index in [-0.39, 0.29) is 39.6 Å². The monoisotopic (exact) mass is 476 g/mol. The normalized spacial score (nSPS) is 50.4. The molecule has 196 valence electrons. The molecule has 1 unspecified atom stereocenters. The van der Waals surface area contributed by atoms with Gasteiger partial charge in [-0.2, -0.15) is 0 Å². The molecule has 4 aliphatic rings. The van der Waals surface area contributed by atoms with Crippen molar-refractivity contribution in [1.29, 1.82) is 0 Å². The number of aliphatic hydroxyl groups is 4. The lowest BCUT2D eigenvalue weighted by atomic mass is 9.35. The van der Waals surface area contributed by atoms with Crippen molar-refractivity contribution in [3.8, 4) is 0 Å². The first kappa shape index (κ1) is 26.6. The highest BCUT2D eigenvalue weighted by Crippen LogP contribution is 2.75. The maximum Gasteiger partial charge on any atom is 0.0745 e. The summed E-state index contributed by atoms with van der Waals surface area (Å²) in [7, 11) is 0. The fraction of sp³-hybridized carbons (Fsp3) is 0.933. The quantitative estimate of drug-likeness (QED) is 0.397. The highest BCUT2D eigenvalue weighted by molar-refractivity contribution is 5.20. The third-order valence-electron chi connectivity index (χ3n) is 12.7. The van der Waals surface area contributed by atoms with Crippen molar-refractivity contribution in [3.63, 3.8) is 0 Å². The summed E-state index contributed by atoms with van der Waals surface area (Å²) in [5.74, 6) is 1.01. The van der Waals surface area contributed by atoms with Crippen molar-refractivity contribution in [2.75, 3.05) is 0 Å². The number of aliphatic hydroxyl groups excluding tert-OH is 3. The van der Waals surface area contributed by atoms with Crippen LogP contribution in [-0.4, -0.2) is 44.3 Å². The van der Waals surface area contributed by atoms with Gasteiger partial charge in [0.2, 0.25) is 0 Å². The Kier molecular flexibility index (Phi) is 6.50. The van der Waals surface area contributed by atoms with Crippen LogP contribution < -0.4 is 0 Å². The molecule has 4 saturated carbocycles. The largest absolute Gasteiger partial charge is 0.393 e. The van der Waals surface area contributed by atoms with Crippen LogP contribution in [0.3, 0.4) is 0 Å². The van der Waals surface area contributed by atoms with Gasteiger partial charge in [-0.05, 0) is 117 Å². The molecule has 0 saturated heterocycles. The van der Waals surface area contributed by atoms with Gasteiger partial charge in [-0.25, -0.2) is 0 Å². The Hall–Kier alpha value is -0.420. The highest BCUT2D eigenvalue weighted by Gasteiger charge is 2.71. The summed E-state index contributed by atoms with van der Waals surface area (Å²) in [4.78, 5) is 0. The molecule has 0 aliphatic heterocycles. The maximum absolute atomic E-state index is 11.8. The third kappa shape index (κ3) is 3.60. The molecule has 4 fully saturated rings. The topological polar surface area (TPSA) is 80.9 Å². The van der Waals surface area contributed by atoms with Gasteiger partial charge in [-0.3, -0.25) is 0 Å². The molecule has 0 radical (unpaired) electrons. The zero-order valence-corrected chi connectivity index (χ0v) is 22.9. The lowest BCUT2D eigenvalue weighted by Gasteiger charge is -2.70. The van der Waals surface area contributed by atoms with E-state index in [0.717, 1.165) is 50.5 Å². The van der Waals surface area contributed by atoms with E-state index in [0.29, 0.717) is 24.7 Å². The Labute approximate surface area is 208 Å². The van der Waals surface area contributed by atoms with Crippen LogP contribution in [0.2, 0.25) is 0 Å². The average Bonchev–Trinajstić information content (AvgIpc) is 3.12. The first-order valence-electron chi connectivity index (χ1n) is 13.9. The Morgan fingerprint density at radius 2 is 1.59 bits per heavy atom. The van der Waals surface area contributed by atoms with Crippen LogP contribution in [0.15, 0.2) is 12.2 Å². The van der Waals surface area contributed by atoms with Crippen LogP contribution in [0, 0.1) is 45.3 Å². The summed E-state index contributed by atoms with van der Waals surface area (Å²) in [5, 5.41) is 44.5. The number of hydrogen-bond acceptors (Lipinski definition) is 4. The standard InChI is InChI=1S/C30H52O4/c1-18(2)20(31)10-16-30(8,34)19-9-14-29(7)25(19)21(32)17-23-27(5)13-12-24(33)26(3,4)22(27)11-15-28(23,29)6/h19-25,31-34H,1,9-17H2,2-8H3/t19-,20?,21+,22-,23+,24+,25-,27-,28+,29+,30-/m0/s1. The molecule has 0 aromatic heterocycles. The van der Waals surface area contributed by atoms with Crippen LogP contribution in [0.1, 0.15) is 106 Å². The predicted molar refractivity (Wildman–Crippen MR) is 137 cm³/mol. The van der Waals surface area contributed by atoms with E-state index in [1.54, 1.807) is 0 Å². The summed E-state index contributed by atoms with van der Waals surface area (Å²) < 4.78 is 0. The van der Waals surface area contributed by atoms with Gasteiger partial charge in [0.05, 0.1) is 23.9 Å². The van der Waals surface area contributed by atoms with Crippen LogP contribution in [-0.2, 0) is 0 Å². The predicted octanol–water partition coefficient (Wildman–Crippen LogP) is 5.47. The van der Waals surface area contributed by atoms with Crippen molar-refractivity contribution in [2.45, 2.75) is 130 Å². The molecule has 11 atom stereocenters.